The van der Waals surface area contributed by atoms with E-state index in [-0.39, 0.29) is 12.1 Å². The van der Waals surface area contributed by atoms with Crippen molar-refractivity contribution in [2.24, 2.45) is 5.16 Å². The van der Waals surface area contributed by atoms with Gasteiger partial charge in [0.05, 0.1) is 0 Å². The van der Waals surface area contributed by atoms with E-state index in [9.17, 15) is 9.59 Å². The molecule has 0 fully saturated rings. The smallest absolute Gasteiger partial charge is 0.353 e. The molecule has 0 radical (unpaired) electrons. The van der Waals surface area contributed by atoms with Crippen molar-refractivity contribution in [2.45, 2.75) is 12.5 Å². The second-order valence-electron chi connectivity index (χ2n) is 3.79. The lowest BCUT2D eigenvalue weighted by molar-refractivity contribution is -0.129. The van der Waals surface area contributed by atoms with Crippen LogP contribution in [-0.4, -0.2) is 28.8 Å². The van der Waals surface area contributed by atoms with Crippen molar-refractivity contribution < 1.29 is 19.5 Å². The first-order valence-corrected chi connectivity index (χ1v) is 5.94. The molecule has 0 bridgehead atoms. The van der Waals surface area contributed by atoms with Gasteiger partial charge >= 0.3 is 5.97 Å². The third-order valence-corrected chi connectivity index (χ3v) is 2.77. The molecule has 2 N–H and O–H groups in total. The van der Waals surface area contributed by atoms with Gasteiger partial charge in [-0.2, -0.15) is 0 Å². The summed E-state index contributed by atoms with van der Waals surface area (Å²) in [5, 5.41) is 15.3. The SMILES string of the molecule is O=C(O)C1=NOC(C(=O)Nc2cc(Cl)cc(Cl)c2)C1. The first-order valence-electron chi connectivity index (χ1n) is 5.18. The van der Waals surface area contributed by atoms with E-state index in [1.54, 1.807) is 0 Å². The van der Waals surface area contributed by atoms with E-state index in [2.05, 4.69) is 10.5 Å². The van der Waals surface area contributed by atoms with E-state index in [0.717, 1.165) is 0 Å². The van der Waals surface area contributed by atoms with Crippen LogP contribution in [0.5, 0.6) is 0 Å². The summed E-state index contributed by atoms with van der Waals surface area (Å²) in [4.78, 5) is 27.2. The number of nitrogens with one attached hydrogen (secondary N) is 1. The number of carboxylic acid groups (broad SMARTS) is 1. The van der Waals surface area contributed by atoms with Gasteiger partial charge in [0.2, 0.25) is 6.10 Å². The number of hydrogen-bond acceptors (Lipinski definition) is 4. The first kappa shape index (κ1) is 13.6. The van der Waals surface area contributed by atoms with Crippen LogP contribution in [0.1, 0.15) is 6.42 Å². The summed E-state index contributed by atoms with van der Waals surface area (Å²) < 4.78 is 0. The maximum absolute atomic E-state index is 11.8. The molecule has 2 rings (SSSR count). The third kappa shape index (κ3) is 3.36. The molecule has 6 nitrogen and oxygen atoms in total. The molecule has 1 amide bonds. The normalized spacial score (nSPS) is 17.6. The zero-order valence-corrected chi connectivity index (χ0v) is 10.9. The average molecular weight is 303 g/mol. The molecule has 0 aromatic heterocycles. The van der Waals surface area contributed by atoms with Gasteiger partial charge in [-0.15, -0.1) is 0 Å². The predicted molar refractivity (Wildman–Crippen MR) is 69.7 cm³/mol. The monoisotopic (exact) mass is 302 g/mol. The molecule has 1 heterocycles. The number of hydrogen-bond donors (Lipinski definition) is 2. The van der Waals surface area contributed by atoms with Gasteiger partial charge in [-0.05, 0) is 18.2 Å². The van der Waals surface area contributed by atoms with Gasteiger partial charge in [-0.1, -0.05) is 28.4 Å². The molecule has 8 heteroatoms. The lowest BCUT2D eigenvalue weighted by atomic mass is 10.1. The molecule has 0 saturated carbocycles. The number of nitrogens with zero attached hydrogens (tertiary/aromatic N) is 1. The molecule has 1 aromatic carbocycles. The largest absolute Gasteiger partial charge is 0.477 e. The van der Waals surface area contributed by atoms with Crippen LogP contribution in [0.25, 0.3) is 0 Å². The number of amides is 1. The van der Waals surface area contributed by atoms with Gasteiger partial charge < -0.3 is 15.3 Å². The molecule has 0 spiro atoms. The van der Waals surface area contributed by atoms with Crippen LogP contribution in [0.4, 0.5) is 5.69 Å². The lowest BCUT2D eigenvalue weighted by Gasteiger charge is -2.09. The lowest BCUT2D eigenvalue weighted by Crippen LogP contribution is -2.28. The number of halogens is 2. The van der Waals surface area contributed by atoms with Crippen molar-refractivity contribution >= 4 is 46.5 Å². The van der Waals surface area contributed by atoms with Crippen molar-refractivity contribution in [1.29, 1.82) is 0 Å². The van der Waals surface area contributed by atoms with Gasteiger partial charge in [0.1, 0.15) is 0 Å². The summed E-state index contributed by atoms with van der Waals surface area (Å²) in [6, 6.07) is 4.55. The quantitative estimate of drug-likeness (QED) is 0.895. The highest BCUT2D eigenvalue weighted by molar-refractivity contribution is 6.36. The Hall–Kier alpha value is -1.79. The Morgan fingerprint density at radius 3 is 2.47 bits per heavy atom. The van der Waals surface area contributed by atoms with Crippen LogP contribution < -0.4 is 5.32 Å². The van der Waals surface area contributed by atoms with Crippen LogP contribution in [0.3, 0.4) is 0 Å². The highest BCUT2D eigenvalue weighted by Crippen LogP contribution is 2.23. The van der Waals surface area contributed by atoms with E-state index in [0.29, 0.717) is 15.7 Å². The second-order valence-corrected chi connectivity index (χ2v) is 4.66. The first-order chi connectivity index (χ1) is 8.95. The summed E-state index contributed by atoms with van der Waals surface area (Å²) in [7, 11) is 0. The fourth-order valence-corrected chi connectivity index (χ4v) is 2.02. The minimum absolute atomic E-state index is 0.0878. The van der Waals surface area contributed by atoms with Crippen molar-refractivity contribution in [2.75, 3.05) is 5.32 Å². The minimum atomic E-state index is -1.21. The van der Waals surface area contributed by atoms with E-state index < -0.39 is 18.0 Å². The number of anilines is 1. The van der Waals surface area contributed by atoms with Crippen LogP contribution in [0, 0.1) is 0 Å². The van der Waals surface area contributed by atoms with Crippen molar-refractivity contribution in [1.82, 2.24) is 0 Å². The summed E-state index contributed by atoms with van der Waals surface area (Å²) in [6.07, 6.45) is -1.06. The molecular weight excluding hydrogens is 295 g/mol. The highest BCUT2D eigenvalue weighted by Gasteiger charge is 2.31. The maximum Gasteiger partial charge on any atom is 0.353 e. The molecule has 19 heavy (non-hydrogen) atoms. The molecule has 0 aliphatic carbocycles. The standard InChI is InChI=1S/C11H8Cl2N2O4/c12-5-1-6(13)3-7(2-5)14-10(16)9-4-8(11(17)18)15-19-9/h1-3,9H,4H2,(H,14,16)(H,17,18). The van der Waals surface area contributed by atoms with E-state index in [1.165, 1.54) is 18.2 Å². The fourth-order valence-electron chi connectivity index (χ4n) is 1.49. The van der Waals surface area contributed by atoms with E-state index >= 15 is 0 Å². The van der Waals surface area contributed by atoms with Crippen molar-refractivity contribution in [3.05, 3.63) is 28.2 Å². The minimum Gasteiger partial charge on any atom is -0.477 e. The Morgan fingerprint density at radius 1 is 1.32 bits per heavy atom. The molecular formula is C11H8Cl2N2O4. The number of benzene rings is 1. The third-order valence-electron chi connectivity index (χ3n) is 2.34. The molecule has 1 aliphatic heterocycles. The van der Waals surface area contributed by atoms with Gasteiger partial charge in [0, 0.05) is 22.2 Å². The highest BCUT2D eigenvalue weighted by atomic mass is 35.5. The number of carbonyl (C=O) groups is 2. The van der Waals surface area contributed by atoms with Crippen molar-refractivity contribution in [3.63, 3.8) is 0 Å². The van der Waals surface area contributed by atoms with Crippen LogP contribution in [-0.2, 0) is 14.4 Å². The van der Waals surface area contributed by atoms with Gasteiger partial charge in [0.25, 0.3) is 5.91 Å². The Morgan fingerprint density at radius 2 is 1.95 bits per heavy atom. The molecule has 0 saturated heterocycles. The summed E-state index contributed by atoms with van der Waals surface area (Å²) in [5.41, 5.74) is 0.208. The maximum atomic E-state index is 11.8. The van der Waals surface area contributed by atoms with Gasteiger partial charge in [-0.25, -0.2) is 4.79 Å². The molecule has 1 atom stereocenters. The number of aliphatic carboxylic acids is 1. The molecule has 100 valence electrons. The topological polar surface area (TPSA) is 88.0 Å². The second kappa shape index (κ2) is 5.46. The Bertz CT molecular complexity index is 554. The molecule has 1 unspecified atom stereocenters. The number of carbonyl (C=O) groups excluding carboxylic acids is 1. The van der Waals surface area contributed by atoms with Gasteiger partial charge in [-0.3, -0.25) is 4.79 Å². The summed E-state index contributed by atoms with van der Waals surface area (Å²) in [5.74, 6) is -1.72. The number of oxime groups is 1. The summed E-state index contributed by atoms with van der Waals surface area (Å²) in [6.45, 7) is 0. The van der Waals surface area contributed by atoms with Crippen molar-refractivity contribution in [3.8, 4) is 0 Å². The van der Waals surface area contributed by atoms with Crippen LogP contribution in [0.15, 0.2) is 23.4 Å². The van der Waals surface area contributed by atoms with Crippen LogP contribution in [0.2, 0.25) is 10.0 Å². The zero-order valence-electron chi connectivity index (χ0n) is 9.39. The van der Waals surface area contributed by atoms with E-state index in [4.69, 9.17) is 33.1 Å². The average Bonchev–Trinajstić information content (AvgIpc) is 2.76. The molecule has 1 aromatic rings. The Kier molecular flexibility index (Phi) is 3.92. The summed E-state index contributed by atoms with van der Waals surface area (Å²) >= 11 is 11.6. The van der Waals surface area contributed by atoms with Crippen LogP contribution >= 0.6 is 23.2 Å². The Balaban J connectivity index is 2.01. The Labute approximate surface area is 117 Å². The molecule has 1 aliphatic rings. The fraction of sp³-hybridized carbons (Fsp3) is 0.182. The number of carboxylic acids is 1. The predicted octanol–water partition coefficient (Wildman–Crippen LogP) is 2.16. The number of rotatable bonds is 3. The van der Waals surface area contributed by atoms with Gasteiger partial charge in [0.15, 0.2) is 5.71 Å². The zero-order chi connectivity index (χ0) is 14.0. The van der Waals surface area contributed by atoms with E-state index in [1.807, 2.05) is 0 Å².